The van der Waals surface area contributed by atoms with Crippen LogP contribution in [0.3, 0.4) is 0 Å². The van der Waals surface area contributed by atoms with Crippen molar-refractivity contribution in [2.75, 3.05) is 16.1 Å². The Morgan fingerprint density at radius 2 is 2.00 bits per heavy atom. The van der Waals surface area contributed by atoms with Gasteiger partial charge in [-0.05, 0) is 6.42 Å². The van der Waals surface area contributed by atoms with Gasteiger partial charge in [0.2, 0.25) is 10.0 Å². The van der Waals surface area contributed by atoms with Crippen molar-refractivity contribution in [1.29, 1.82) is 0 Å². The van der Waals surface area contributed by atoms with Crippen LogP contribution in [0.15, 0.2) is 6.07 Å². The SMILES string of the molecule is CCc1cc(NS(=O)(=O)CS(C)(=O)=O)n[nH]1. The molecule has 1 rings (SSSR count). The quantitative estimate of drug-likeness (QED) is 0.762. The number of aromatic amines is 1. The molecule has 0 amide bonds. The van der Waals surface area contributed by atoms with Crippen molar-refractivity contribution in [1.82, 2.24) is 10.2 Å². The monoisotopic (exact) mass is 267 g/mol. The molecule has 16 heavy (non-hydrogen) atoms. The molecular formula is C7H13N3O4S2. The molecule has 0 aromatic carbocycles. The maximum absolute atomic E-state index is 11.4. The third kappa shape index (κ3) is 4.19. The predicted molar refractivity (Wildman–Crippen MR) is 60.2 cm³/mol. The number of hydrogen-bond donors (Lipinski definition) is 2. The summed E-state index contributed by atoms with van der Waals surface area (Å²) in [5.41, 5.74) is 0.761. The molecule has 92 valence electrons. The predicted octanol–water partition coefficient (Wildman–Crippen LogP) is -0.284. The molecule has 0 saturated carbocycles. The maximum atomic E-state index is 11.4. The van der Waals surface area contributed by atoms with Crippen molar-refractivity contribution in [3.05, 3.63) is 11.8 Å². The van der Waals surface area contributed by atoms with Crippen LogP contribution in [0.5, 0.6) is 0 Å². The number of sulfone groups is 1. The fraction of sp³-hybridized carbons (Fsp3) is 0.571. The molecule has 0 unspecified atom stereocenters. The van der Waals surface area contributed by atoms with Gasteiger partial charge < -0.3 is 0 Å². The van der Waals surface area contributed by atoms with Gasteiger partial charge >= 0.3 is 0 Å². The van der Waals surface area contributed by atoms with Gasteiger partial charge in [0, 0.05) is 18.0 Å². The second kappa shape index (κ2) is 4.42. The van der Waals surface area contributed by atoms with Gasteiger partial charge in [-0.3, -0.25) is 9.82 Å². The summed E-state index contributed by atoms with van der Waals surface area (Å²) < 4.78 is 46.5. The van der Waals surface area contributed by atoms with E-state index in [0.29, 0.717) is 6.42 Å². The Labute approximate surface area is 94.2 Å². The third-order valence-corrected chi connectivity index (χ3v) is 5.12. The van der Waals surface area contributed by atoms with Gasteiger partial charge in [-0.1, -0.05) is 6.92 Å². The molecule has 0 atom stereocenters. The first-order chi connectivity index (χ1) is 7.22. The Kier molecular flexibility index (Phi) is 3.58. The molecule has 7 nitrogen and oxygen atoms in total. The van der Waals surface area contributed by atoms with Crippen molar-refractivity contribution < 1.29 is 16.8 Å². The summed E-state index contributed by atoms with van der Waals surface area (Å²) in [6.45, 7) is 1.88. The van der Waals surface area contributed by atoms with Gasteiger partial charge in [0.1, 0.15) is 0 Å². The zero-order valence-electron chi connectivity index (χ0n) is 8.89. The van der Waals surface area contributed by atoms with Gasteiger partial charge in [-0.15, -0.1) is 0 Å². The summed E-state index contributed by atoms with van der Waals surface area (Å²) in [7, 11) is -7.50. The van der Waals surface area contributed by atoms with E-state index in [1.807, 2.05) is 6.92 Å². The molecule has 0 bridgehead atoms. The smallest absolute Gasteiger partial charge is 0.248 e. The molecule has 9 heteroatoms. The van der Waals surface area contributed by atoms with Crippen LogP contribution in [-0.2, 0) is 26.3 Å². The van der Waals surface area contributed by atoms with Gasteiger partial charge in [-0.25, -0.2) is 16.8 Å². The second-order valence-corrected chi connectivity index (χ2v) is 7.62. The van der Waals surface area contributed by atoms with Crippen molar-refractivity contribution >= 4 is 25.7 Å². The van der Waals surface area contributed by atoms with Crippen molar-refractivity contribution in [2.24, 2.45) is 0 Å². The molecule has 1 aromatic rings. The van der Waals surface area contributed by atoms with Crippen LogP contribution < -0.4 is 4.72 Å². The molecule has 0 aliphatic rings. The van der Waals surface area contributed by atoms with E-state index >= 15 is 0 Å². The van der Waals surface area contributed by atoms with E-state index in [9.17, 15) is 16.8 Å². The van der Waals surface area contributed by atoms with E-state index in [4.69, 9.17) is 0 Å². The zero-order chi connectivity index (χ0) is 12.4. The zero-order valence-corrected chi connectivity index (χ0v) is 10.5. The van der Waals surface area contributed by atoms with Crippen molar-refractivity contribution in [3.63, 3.8) is 0 Å². The molecule has 0 aliphatic heterocycles. The first-order valence-electron chi connectivity index (χ1n) is 4.44. The maximum Gasteiger partial charge on any atom is 0.248 e. The van der Waals surface area contributed by atoms with Crippen molar-refractivity contribution in [3.8, 4) is 0 Å². The fourth-order valence-electron chi connectivity index (χ4n) is 1.07. The Balaban J connectivity index is 2.81. The van der Waals surface area contributed by atoms with E-state index in [2.05, 4.69) is 14.9 Å². The van der Waals surface area contributed by atoms with Crippen molar-refractivity contribution in [2.45, 2.75) is 13.3 Å². The van der Waals surface area contributed by atoms with Crippen LogP contribution in [0.25, 0.3) is 0 Å². The summed E-state index contributed by atoms with van der Waals surface area (Å²) in [4.78, 5) is 0. The summed E-state index contributed by atoms with van der Waals surface area (Å²) in [5.74, 6) is 0.0977. The highest BCUT2D eigenvalue weighted by Crippen LogP contribution is 2.08. The number of aryl methyl sites for hydroxylation is 1. The third-order valence-electron chi connectivity index (χ3n) is 1.64. The lowest BCUT2D eigenvalue weighted by atomic mass is 10.3. The van der Waals surface area contributed by atoms with Crippen LogP contribution in [-0.4, -0.2) is 38.4 Å². The Hall–Kier alpha value is -1.09. The molecule has 1 heterocycles. The van der Waals surface area contributed by atoms with Crippen LogP contribution >= 0.6 is 0 Å². The highest BCUT2D eigenvalue weighted by Gasteiger charge is 2.19. The number of H-pyrrole nitrogens is 1. The minimum Gasteiger partial charge on any atom is -0.280 e. The second-order valence-electron chi connectivity index (χ2n) is 3.39. The molecule has 0 spiro atoms. The Morgan fingerprint density at radius 3 is 2.44 bits per heavy atom. The number of nitrogens with zero attached hydrogens (tertiary/aromatic N) is 1. The van der Waals surface area contributed by atoms with E-state index in [0.717, 1.165) is 11.9 Å². The highest BCUT2D eigenvalue weighted by atomic mass is 32.3. The summed E-state index contributed by atoms with van der Waals surface area (Å²) in [5, 5.41) is 5.36. The molecule has 0 fully saturated rings. The van der Waals surface area contributed by atoms with Gasteiger partial charge in [-0.2, -0.15) is 5.10 Å². The van der Waals surface area contributed by atoms with Gasteiger partial charge in [0.05, 0.1) is 0 Å². The standard InChI is InChI=1S/C7H13N3O4S2/c1-3-6-4-7(9-8-6)10-16(13,14)5-15(2,11)12/h4H,3,5H2,1-2H3,(H2,8,9,10). The Bertz CT molecular complexity index is 558. The summed E-state index contributed by atoms with van der Waals surface area (Å²) >= 11 is 0. The normalized spacial score (nSPS) is 12.6. The molecule has 1 aromatic heterocycles. The molecule has 0 saturated heterocycles. The average Bonchev–Trinajstić information content (AvgIpc) is 2.46. The van der Waals surface area contributed by atoms with Crippen LogP contribution in [0.1, 0.15) is 12.6 Å². The highest BCUT2D eigenvalue weighted by molar-refractivity contribution is 8.08. The van der Waals surface area contributed by atoms with E-state index in [1.165, 1.54) is 6.07 Å². The largest absolute Gasteiger partial charge is 0.280 e. The number of hydrogen-bond acceptors (Lipinski definition) is 5. The topological polar surface area (TPSA) is 109 Å². The number of sulfonamides is 1. The minimum atomic E-state index is -3.91. The number of anilines is 1. The minimum absolute atomic E-state index is 0.0977. The fourth-order valence-corrected chi connectivity index (χ4v) is 3.98. The van der Waals surface area contributed by atoms with Gasteiger partial charge in [0.15, 0.2) is 20.7 Å². The lowest BCUT2D eigenvalue weighted by molar-refractivity contribution is 0.594. The molecule has 0 aliphatic carbocycles. The Morgan fingerprint density at radius 1 is 1.38 bits per heavy atom. The molecular weight excluding hydrogens is 254 g/mol. The number of aromatic nitrogens is 2. The summed E-state index contributed by atoms with van der Waals surface area (Å²) in [6.07, 6.45) is 1.54. The van der Waals surface area contributed by atoms with Crippen LogP contribution in [0.4, 0.5) is 5.82 Å². The van der Waals surface area contributed by atoms with E-state index < -0.39 is 24.9 Å². The summed E-state index contributed by atoms with van der Waals surface area (Å²) in [6, 6.07) is 1.51. The first kappa shape index (κ1) is 13.0. The molecule has 0 radical (unpaired) electrons. The average molecular weight is 267 g/mol. The van der Waals surface area contributed by atoms with E-state index in [1.54, 1.807) is 0 Å². The number of nitrogens with one attached hydrogen (secondary N) is 2. The van der Waals surface area contributed by atoms with E-state index in [-0.39, 0.29) is 5.82 Å². The lowest BCUT2D eigenvalue weighted by Gasteiger charge is -2.02. The lowest BCUT2D eigenvalue weighted by Crippen LogP contribution is -2.22. The van der Waals surface area contributed by atoms with Crippen LogP contribution in [0.2, 0.25) is 0 Å². The molecule has 2 N–H and O–H groups in total. The number of rotatable bonds is 5. The van der Waals surface area contributed by atoms with Gasteiger partial charge in [0.25, 0.3) is 0 Å². The van der Waals surface area contributed by atoms with Crippen LogP contribution in [0, 0.1) is 0 Å². The first-order valence-corrected chi connectivity index (χ1v) is 8.15.